The Morgan fingerprint density at radius 2 is 1.56 bits per heavy atom. The van der Waals surface area contributed by atoms with E-state index in [1.54, 1.807) is 20.8 Å². The Morgan fingerprint density at radius 1 is 0.963 bits per heavy atom. The summed E-state index contributed by atoms with van der Waals surface area (Å²) in [5.41, 5.74) is -0.410. The highest BCUT2D eigenvalue weighted by Gasteiger charge is 2.20. The standard InChI is InChI=1S/C16H27N7O4/c1-11(24)17-5-7-19-14(26)12-9-23(22-21-12)10-13(25)18-6-8-20-15(27)16(2,3)4/h9H,5-8,10H2,1-4H3,(H,17,24)(H,18,25)(H,19,26)(H,20,27). The van der Waals surface area contributed by atoms with Gasteiger partial charge in [0.05, 0.1) is 6.20 Å². The highest BCUT2D eigenvalue weighted by molar-refractivity contribution is 5.91. The first-order valence-corrected chi connectivity index (χ1v) is 8.57. The van der Waals surface area contributed by atoms with Gasteiger partial charge in [-0.3, -0.25) is 19.2 Å². The molecule has 0 aliphatic heterocycles. The molecular weight excluding hydrogens is 354 g/mol. The Balaban J connectivity index is 2.30. The van der Waals surface area contributed by atoms with Crippen molar-refractivity contribution in [3.63, 3.8) is 0 Å². The van der Waals surface area contributed by atoms with Crippen LogP contribution in [-0.2, 0) is 20.9 Å². The van der Waals surface area contributed by atoms with Crippen LogP contribution in [0.1, 0.15) is 38.2 Å². The topological polar surface area (TPSA) is 147 Å². The van der Waals surface area contributed by atoms with Crippen LogP contribution in [0.5, 0.6) is 0 Å². The SMILES string of the molecule is CC(=O)NCCNC(=O)c1cn(CC(=O)NCCNC(=O)C(C)(C)C)nn1. The molecule has 0 aliphatic rings. The van der Waals surface area contributed by atoms with Crippen LogP contribution in [0.4, 0.5) is 0 Å². The average Bonchev–Trinajstić information content (AvgIpc) is 3.02. The molecule has 0 fully saturated rings. The predicted octanol–water partition coefficient (Wildman–Crippen LogP) is -1.58. The summed E-state index contributed by atoms with van der Waals surface area (Å²) in [5, 5.41) is 17.9. The van der Waals surface area contributed by atoms with Crippen molar-refractivity contribution in [1.82, 2.24) is 36.3 Å². The minimum atomic E-state index is -0.482. The van der Waals surface area contributed by atoms with Crippen molar-refractivity contribution in [2.24, 2.45) is 5.41 Å². The van der Waals surface area contributed by atoms with Gasteiger partial charge in [0.2, 0.25) is 17.7 Å². The zero-order valence-corrected chi connectivity index (χ0v) is 16.1. The van der Waals surface area contributed by atoms with E-state index < -0.39 is 11.3 Å². The lowest BCUT2D eigenvalue weighted by atomic mass is 9.96. The van der Waals surface area contributed by atoms with Crippen LogP contribution in [0.3, 0.4) is 0 Å². The van der Waals surface area contributed by atoms with Gasteiger partial charge in [0.1, 0.15) is 6.54 Å². The molecule has 0 atom stereocenters. The maximum absolute atomic E-state index is 11.9. The van der Waals surface area contributed by atoms with Crippen LogP contribution in [-0.4, -0.2) is 64.8 Å². The van der Waals surface area contributed by atoms with E-state index >= 15 is 0 Å². The number of amides is 4. The van der Waals surface area contributed by atoms with E-state index in [0.717, 1.165) is 0 Å². The van der Waals surface area contributed by atoms with Gasteiger partial charge in [0.25, 0.3) is 5.91 Å². The minimum absolute atomic E-state index is 0.0723. The number of carbonyl (C=O) groups is 4. The van der Waals surface area contributed by atoms with Crippen molar-refractivity contribution in [3.05, 3.63) is 11.9 Å². The summed E-state index contributed by atoms with van der Waals surface area (Å²) in [6.07, 6.45) is 1.36. The molecular formula is C16H27N7O4. The summed E-state index contributed by atoms with van der Waals surface area (Å²) in [6, 6.07) is 0. The second kappa shape index (κ2) is 10.2. The van der Waals surface area contributed by atoms with Crippen molar-refractivity contribution in [1.29, 1.82) is 0 Å². The molecule has 11 nitrogen and oxygen atoms in total. The normalized spacial score (nSPS) is 10.8. The highest BCUT2D eigenvalue weighted by Crippen LogP contribution is 2.11. The number of hydrogen-bond donors (Lipinski definition) is 4. The van der Waals surface area contributed by atoms with E-state index in [2.05, 4.69) is 31.6 Å². The highest BCUT2D eigenvalue weighted by atomic mass is 16.2. The number of carbonyl (C=O) groups excluding carboxylic acids is 4. The molecule has 0 radical (unpaired) electrons. The predicted molar refractivity (Wildman–Crippen MR) is 96.5 cm³/mol. The third kappa shape index (κ3) is 8.79. The summed E-state index contributed by atoms with van der Waals surface area (Å²) in [4.78, 5) is 46.1. The van der Waals surface area contributed by atoms with E-state index in [4.69, 9.17) is 0 Å². The van der Waals surface area contributed by atoms with E-state index in [-0.39, 0.29) is 43.0 Å². The summed E-state index contributed by atoms with van der Waals surface area (Å²) in [6.45, 7) is 7.87. The van der Waals surface area contributed by atoms with Crippen LogP contribution in [0.15, 0.2) is 6.20 Å². The maximum atomic E-state index is 11.9. The Hall–Kier alpha value is -2.98. The van der Waals surface area contributed by atoms with Crippen molar-refractivity contribution in [2.45, 2.75) is 34.2 Å². The Bertz CT molecular complexity index is 679. The largest absolute Gasteiger partial charge is 0.355 e. The fourth-order valence-electron chi connectivity index (χ4n) is 1.83. The van der Waals surface area contributed by atoms with Crippen molar-refractivity contribution < 1.29 is 19.2 Å². The lowest BCUT2D eigenvalue weighted by Crippen LogP contribution is -2.40. The van der Waals surface area contributed by atoms with Crippen LogP contribution >= 0.6 is 0 Å². The molecule has 1 aromatic heterocycles. The molecule has 0 aliphatic carbocycles. The van der Waals surface area contributed by atoms with E-state index in [0.29, 0.717) is 13.1 Å². The summed E-state index contributed by atoms with van der Waals surface area (Å²) in [5.74, 6) is -1.04. The molecule has 0 unspecified atom stereocenters. The molecule has 11 heteroatoms. The monoisotopic (exact) mass is 381 g/mol. The lowest BCUT2D eigenvalue weighted by Gasteiger charge is -2.17. The van der Waals surface area contributed by atoms with Gasteiger partial charge in [-0.1, -0.05) is 26.0 Å². The Morgan fingerprint density at radius 3 is 2.19 bits per heavy atom. The first kappa shape index (κ1) is 22.1. The second-order valence-electron chi connectivity index (χ2n) is 6.90. The van der Waals surface area contributed by atoms with Gasteiger partial charge >= 0.3 is 0 Å². The minimum Gasteiger partial charge on any atom is -0.355 e. The molecule has 4 amide bonds. The summed E-state index contributed by atoms with van der Waals surface area (Å²) >= 11 is 0. The fourth-order valence-corrected chi connectivity index (χ4v) is 1.83. The quantitative estimate of drug-likeness (QED) is 0.380. The van der Waals surface area contributed by atoms with Gasteiger partial charge < -0.3 is 21.3 Å². The molecule has 27 heavy (non-hydrogen) atoms. The smallest absolute Gasteiger partial charge is 0.273 e. The van der Waals surface area contributed by atoms with Crippen LogP contribution in [0.25, 0.3) is 0 Å². The van der Waals surface area contributed by atoms with Crippen LogP contribution < -0.4 is 21.3 Å². The molecule has 0 saturated heterocycles. The van der Waals surface area contributed by atoms with E-state index in [9.17, 15) is 19.2 Å². The van der Waals surface area contributed by atoms with Gasteiger partial charge in [-0.05, 0) is 0 Å². The van der Waals surface area contributed by atoms with Crippen LogP contribution in [0, 0.1) is 5.41 Å². The van der Waals surface area contributed by atoms with Crippen molar-refractivity contribution in [3.8, 4) is 0 Å². The molecule has 0 aromatic carbocycles. The fraction of sp³-hybridized carbons (Fsp3) is 0.625. The van der Waals surface area contributed by atoms with Gasteiger partial charge in [0, 0.05) is 38.5 Å². The molecule has 1 rings (SSSR count). The Labute approximate surface area is 157 Å². The average molecular weight is 381 g/mol. The molecule has 0 bridgehead atoms. The van der Waals surface area contributed by atoms with E-state index in [1.165, 1.54) is 17.8 Å². The molecule has 4 N–H and O–H groups in total. The number of nitrogens with one attached hydrogen (secondary N) is 4. The zero-order chi connectivity index (χ0) is 20.4. The van der Waals surface area contributed by atoms with Gasteiger partial charge in [-0.25, -0.2) is 4.68 Å². The summed E-state index contributed by atoms with van der Waals surface area (Å²) < 4.78 is 1.24. The molecule has 1 aromatic rings. The third-order valence-electron chi connectivity index (χ3n) is 3.28. The summed E-state index contributed by atoms with van der Waals surface area (Å²) in [7, 11) is 0. The van der Waals surface area contributed by atoms with Crippen molar-refractivity contribution in [2.75, 3.05) is 26.2 Å². The molecule has 1 heterocycles. The number of aromatic nitrogens is 3. The molecule has 0 spiro atoms. The van der Waals surface area contributed by atoms with Gasteiger partial charge in [-0.15, -0.1) is 5.10 Å². The lowest BCUT2D eigenvalue weighted by molar-refractivity contribution is -0.128. The van der Waals surface area contributed by atoms with Crippen molar-refractivity contribution >= 4 is 23.6 Å². The Kier molecular flexibility index (Phi) is 8.36. The number of rotatable bonds is 9. The van der Waals surface area contributed by atoms with Crippen LogP contribution in [0.2, 0.25) is 0 Å². The number of hydrogen-bond acceptors (Lipinski definition) is 6. The maximum Gasteiger partial charge on any atom is 0.273 e. The number of nitrogens with zero attached hydrogens (tertiary/aromatic N) is 3. The first-order chi connectivity index (χ1) is 12.6. The first-order valence-electron chi connectivity index (χ1n) is 8.57. The molecule has 150 valence electrons. The van der Waals surface area contributed by atoms with Gasteiger partial charge in [0.15, 0.2) is 5.69 Å². The second-order valence-corrected chi connectivity index (χ2v) is 6.90. The molecule has 0 saturated carbocycles. The van der Waals surface area contributed by atoms with Gasteiger partial charge in [-0.2, -0.15) is 0 Å². The third-order valence-corrected chi connectivity index (χ3v) is 3.28. The van der Waals surface area contributed by atoms with E-state index in [1.807, 2.05) is 0 Å². The zero-order valence-electron chi connectivity index (χ0n) is 16.1.